The van der Waals surface area contributed by atoms with Crippen LogP contribution in [0.3, 0.4) is 0 Å². The Labute approximate surface area is 184 Å². The molecule has 6 nitrogen and oxygen atoms in total. The van der Waals surface area contributed by atoms with Gasteiger partial charge in [-0.1, -0.05) is 17.7 Å². The maximum absolute atomic E-state index is 15.4. The average Bonchev–Trinajstić information content (AvgIpc) is 3.53. The molecule has 30 heavy (non-hydrogen) atoms. The lowest BCUT2D eigenvalue weighted by Crippen LogP contribution is -2.45. The van der Waals surface area contributed by atoms with E-state index in [4.69, 9.17) is 11.6 Å². The highest BCUT2D eigenvalue weighted by molar-refractivity contribution is 6.50. The molecular formula is C21H24Cl2FN3O3. The lowest BCUT2D eigenvalue weighted by atomic mass is 10.0. The van der Waals surface area contributed by atoms with E-state index in [2.05, 4.69) is 4.90 Å². The largest absolute Gasteiger partial charge is 0.477 e. The van der Waals surface area contributed by atoms with Crippen LogP contribution < -0.4 is 10.3 Å². The molecule has 162 valence electrons. The molecule has 0 unspecified atom stereocenters. The summed E-state index contributed by atoms with van der Waals surface area (Å²) in [5.74, 6) is -1.87. The fourth-order valence-electron chi connectivity index (χ4n) is 3.98. The minimum atomic E-state index is -1.31. The first-order valence-corrected chi connectivity index (χ1v) is 10.1. The predicted molar refractivity (Wildman–Crippen MR) is 120 cm³/mol. The lowest BCUT2D eigenvalue weighted by molar-refractivity contribution is 0.0695. The minimum Gasteiger partial charge on any atom is -0.477 e. The van der Waals surface area contributed by atoms with E-state index >= 15 is 4.39 Å². The van der Waals surface area contributed by atoms with Crippen molar-refractivity contribution < 1.29 is 14.3 Å². The van der Waals surface area contributed by atoms with Crippen molar-refractivity contribution in [3.05, 3.63) is 45.5 Å². The maximum atomic E-state index is 15.4. The lowest BCUT2D eigenvalue weighted by Gasteiger charge is -2.35. The zero-order valence-electron chi connectivity index (χ0n) is 16.8. The number of hydrogen-bond donors (Lipinski definition) is 1. The standard InChI is InChI=1S/C21H23ClFN3O3.ClH/c1-3-15(22)17-18-13(10-16(23)19(17)25-8-6-24(2)7-9-25)20(27)14(21(28)29)11-26(18)12-4-5-12;/h3,10-12H,4-9H2,1-2H3,(H,28,29);1H/b15-3+;. The van der Waals surface area contributed by atoms with Gasteiger partial charge >= 0.3 is 5.97 Å². The summed E-state index contributed by atoms with van der Waals surface area (Å²) >= 11 is 6.57. The number of aromatic carboxylic acids is 1. The number of rotatable bonds is 4. The Hall–Kier alpha value is -2.09. The number of carboxylic acids is 1. The quantitative estimate of drug-likeness (QED) is 0.755. The van der Waals surface area contributed by atoms with Gasteiger partial charge in [-0.2, -0.15) is 0 Å². The average molecular weight is 456 g/mol. The molecule has 1 aliphatic carbocycles. The van der Waals surface area contributed by atoms with Gasteiger partial charge in [-0.15, -0.1) is 12.4 Å². The third kappa shape index (κ3) is 3.82. The van der Waals surface area contributed by atoms with Crippen LogP contribution in [-0.2, 0) is 0 Å². The van der Waals surface area contributed by atoms with Crippen LogP contribution in [0.1, 0.15) is 41.7 Å². The first-order valence-electron chi connectivity index (χ1n) is 9.73. The molecule has 1 saturated carbocycles. The highest BCUT2D eigenvalue weighted by atomic mass is 35.5. The molecule has 4 rings (SSSR count). The van der Waals surface area contributed by atoms with Gasteiger partial charge in [0.05, 0.1) is 16.6 Å². The van der Waals surface area contributed by atoms with Crippen LogP contribution >= 0.6 is 24.0 Å². The normalized spacial score (nSPS) is 17.9. The van der Waals surface area contributed by atoms with E-state index in [-0.39, 0.29) is 29.4 Å². The van der Waals surface area contributed by atoms with Gasteiger partial charge in [-0.05, 0) is 32.9 Å². The van der Waals surface area contributed by atoms with Crippen LogP contribution in [0.5, 0.6) is 0 Å². The second-order valence-electron chi connectivity index (χ2n) is 7.72. The zero-order chi connectivity index (χ0) is 20.9. The van der Waals surface area contributed by atoms with Crippen molar-refractivity contribution >= 4 is 51.6 Å². The van der Waals surface area contributed by atoms with Crippen molar-refractivity contribution in [3.63, 3.8) is 0 Å². The van der Waals surface area contributed by atoms with Crippen molar-refractivity contribution in [2.75, 3.05) is 38.1 Å². The van der Waals surface area contributed by atoms with Crippen LogP contribution in [0.2, 0.25) is 0 Å². The molecule has 1 aliphatic heterocycles. The number of pyridine rings is 1. The molecule has 1 aromatic carbocycles. The van der Waals surface area contributed by atoms with Gasteiger partial charge in [0.2, 0.25) is 5.43 Å². The molecule has 2 fully saturated rings. The number of fused-ring (bicyclic) bond motifs is 1. The van der Waals surface area contributed by atoms with Crippen molar-refractivity contribution in [1.29, 1.82) is 0 Å². The third-order valence-electron chi connectivity index (χ3n) is 5.72. The maximum Gasteiger partial charge on any atom is 0.341 e. The van der Waals surface area contributed by atoms with Gasteiger partial charge in [0.1, 0.15) is 11.4 Å². The Morgan fingerprint density at radius 2 is 1.90 bits per heavy atom. The number of piperazine rings is 1. The van der Waals surface area contributed by atoms with Gasteiger partial charge in [0, 0.05) is 49.0 Å². The fourth-order valence-corrected chi connectivity index (χ4v) is 4.16. The molecule has 0 bridgehead atoms. The Morgan fingerprint density at radius 1 is 1.27 bits per heavy atom. The van der Waals surface area contributed by atoms with E-state index in [0.717, 1.165) is 25.9 Å². The zero-order valence-corrected chi connectivity index (χ0v) is 18.4. The van der Waals surface area contributed by atoms with Crippen molar-refractivity contribution in [2.45, 2.75) is 25.8 Å². The topological polar surface area (TPSA) is 65.8 Å². The summed E-state index contributed by atoms with van der Waals surface area (Å²) in [6.45, 7) is 4.62. The number of benzene rings is 1. The summed E-state index contributed by atoms with van der Waals surface area (Å²) in [7, 11) is 2.02. The molecule has 2 aromatic rings. The van der Waals surface area contributed by atoms with E-state index in [9.17, 15) is 14.7 Å². The molecular weight excluding hydrogens is 432 g/mol. The Kier molecular flexibility index (Phi) is 6.45. The van der Waals surface area contributed by atoms with Crippen molar-refractivity contribution in [1.82, 2.24) is 9.47 Å². The van der Waals surface area contributed by atoms with Crippen LogP contribution in [0.4, 0.5) is 10.1 Å². The van der Waals surface area contributed by atoms with Crippen LogP contribution in [0, 0.1) is 5.82 Å². The molecule has 0 radical (unpaired) electrons. The van der Waals surface area contributed by atoms with Crippen molar-refractivity contribution in [3.8, 4) is 0 Å². The van der Waals surface area contributed by atoms with Crippen LogP contribution in [-0.4, -0.2) is 53.8 Å². The summed E-state index contributed by atoms with van der Waals surface area (Å²) < 4.78 is 17.2. The van der Waals surface area contributed by atoms with Gasteiger partial charge in [-0.25, -0.2) is 9.18 Å². The van der Waals surface area contributed by atoms with Crippen LogP contribution in [0.15, 0.2) is 23.1 Å². The number of carbonyl (C=O) groups is 1. The summed E-state index contributed by atoms with van der Waals surface area (Å²) in [4.78, 5) is 28.6. The Balaban J connectivity index is 0.00000256. The molecule has 0 spiro atoms. The molecule has 1 N–H and O–H groups in total. The number of allylic oxidation sites excluding steroid dienone is 1. The Morgan fingerprint density at radius 3 is 2.43 bits per heavy atom. The minimum absolute atomic E-state index is 0. The number of hydrogen-bond acceptors (Lipinski definition) is 4. The summed E-state index contributed by atoms with van der Waals surface area (Å²) in [6.07, 6.45) is 4.83. The Bertz CT molecular complexity index is 1090. The van der Waals surface area contributed by atoms with Crippen molar-refractivity contribution in [2.24, 2.45) is 0 Å². The summed E-state index contributed by atoms with van der Waals surface area (Å²) in [6, 6.07) is 1.27. The highest BCUT2D eigenvalue weighted by Crippen LogP contribution is 2.43. The SMILES string of the molecule is C/C=C(/Cl)c1c(N2CCN(C)CC2)c(F)cc2c(=O)c(C(=O)O)cn(C3CC3)c12.Cl. The number of likely N-dealkylation sites (N-methyl/N-ethyl adjacent to an activating group) is 1. The molecule has 0 atom stereocenters. The summed E-state index contributed by atoms with van der Waals surface area (Å²) in [5, 5.41) is 9.88. The summed E-state index contributed by atoms with van der Waals surface area (Å²) in [5.41, 5.74) is 0.329. The molecule has 1 aromatic heterocycles. The molecule has 0 amide bonds. The van der Waals surface area contributed by atoms with E-state index in [1.165, 1.54) is 12.3 Å². The second kappa shape index (κ2) is 8.57. The van der Waals surface area contributed by atoms with Gasteiger partial charge in [0.25, 0.3) is 0 Å². The van der Waals surface area contributed by atoms with Gasteiger partial charge < -0.3 is 19.5 Å². The first-order chi connectivity index (χ1) is 13.8. The number of anilines is 1. The number of carboxylic acid groups (broad SMARTS) is 1. The van der Waals surface area contributed by atoms with Gasteiger partial charge in [-0.3, -0.25) is 4.79 Å². The monoisotopic (exact) mass is 455 g/mol. The smallest absolute Gasteiger partial charge is 0.341 e. The van der Waals surface area contributed by atoms with Gasteiger partial charge in [0.15, 0.2) is 0 Å². The number of aromatic nitrogens is 1. The number of halogens is 3. The molecule has 2 aliphatic rings. The first kappa shape index (κ1) is 22.6. The van der Waals surface area contributed by atoms with E-state index in [0.29, 0.717) is 34.9 Å². The fraction of sp³-hybridized carbons (Fsp3) is 0.429. The molecule has 2 heterocycles. The molecule has 1 saturated heterocycles. The van der Waals surface area contributed by atoms with E-state index in [1.54, 1.807) is 17.6 Å². The highest BCUT2D eigenvalue weighted by Gasteiger charge is 2.31. The second-order valence-corrected chi connectivity index (χ2v) is 8.13. The number of nitrogens with zero attached hydrogens (tertiary/aromatic N) is 3. The van der Waals surface area contributed by atoms with E-state index < -0.39 is 17.2 Å². The van der Waals surface area contributed by atoms with E-state index in [1.807, 2.05) is 11.9 Å². The van der Waals surface area contributed by atoms with Crippen LogP contribution in [0.25, 0.3) is 15.9 Å². The molecule has 9 heteroatoms. The third-order valence-corrected chi connectivity index (χ3v) is 6.13. The predicted octanol–water partition coefficient (Wildman–Crippen LogP) is 3.95.